The quantitative estimate of drug-likeness (QED) is 0.199. The summed E-state index contributed by atoms with van der Waals surface area (Å²) in [5.41, 5.74) is 10.1. The third-order valence-corrected chi connectivity index (χ3v) is 0.965. The van der Waals surface area contributed by atoms with Crippen molar-refractivity contribution in [2.24, 2.45) is 22.4 Å². The molecule has 0 saturated carbocycles. The maximum atomic E-state index is 10.4. The standard InChI is InChI=1S/C5H12N4O2/c6-5(7)9-3-1-2-4(10)11-8/h1-3,8H2,(H4,6,7,9). The van der Waals surface area contributed by atoms with E-state index in [1.165, 1.54) is 0 Å². The number of hydrogen-bond acceptors (Lipinski definition) is 4. The van der Waals surface area contributed by atoms with Crippen LogP contribution in [0.5, 0.6) is 0 Å². The number of carbonyl (C=O) groups is 1. The molecular weight excluding hydrogens is 148 g/mol. The maximum Gasteiger partial charge on any atom is 0.324 e. The van der Waals surface area contributed by atoms with Crippen molar-refractivity contribution >= 4 is 11.9 Å². The monoisotopic (exact) mass is 160 g/mol. The van der Waals surface area contributed by atoms with Gasteiger partial charge in [-0.05, 0) is 6.42 Å². The van der Waals surface area contributed by atoms with Crippen LogP contribution in [0.4, 0.5) is 0 Å². The molecule has 0 aromatic carbocycles. The first-order chi connectivity index (χ1) is 5.16. The van der Waals surface area contributed by atoms with E-state index in [2.05, 4.69) is 15.7 Å². The smallest absolute Gasteiger partial charge is 0.324 e. The van der Waals surface area contributed by atoms with Crippen LogP contribution < -0.4 is 17.4 Å². The van der Waals surface area contributed by atoms with Gasteiger partial charge in [0, 0.05) is 13.0 Å². The van der Waals surface area contributed by atoms with E-state index in [4.69, 9.17) is 11.5 Å². The summed E-state index contributed by atoms with van der Waals surface area (Å²) in [6.07, 6.45) is 0.765. The summed E-state index contributed by atoms with van der Waals surface area (Å²) in [4.78, 5) is 18.0. The van der Waals surface area contributed by atoms with E-state index in [1.54, 1.807) is 0 Å². The summed E-state index contributed by atoms with van der Waals surface area (Å²) in [6.45, 7) is 0.414. The van der Waals surface area contributed by atoms with Gasteiger partial charge >= 0.3 is 5.97 Å². The number of guanidine groups is 1. The van der Waals surface area contributed by atoms with Crippen LogP contribution in [0.3, 0.4) is 0 Å². The SMILES string of the molecule is NOC(=O)CCCN=C(N)N. The molecule has 0 rings (SSSR count). The molecule has 0 fully saturated rings. The summed E-state index contributed by atoms with van der Waals surface area (Å²) in [6, 6.07) is 0. The predicted octanol–water partition coefficient (Wildman–Crippen LogP) is -1.54. The second-order valence-corrected chi connectivity index (χ2v) is 1.90. The summed E-state index contributed by atoms with van der Waals surface area (Å²) in [5.74, 6) is 4.14. The summed E-state index contributed by atoms with van der Waals surface area (Å²) in [5, 5.41) is 0. The Morgan fingerprint density at radius 1 is 1.45 bits per heavy atom. The Hall–Kier alpha value is -1.30. The van der Waals surface area contributed by atoms with E-state index in [0.29, 0.717) is 13.0 Å². The van der Waals surface area contributed by atoms with Crippen LogP contribution in [0, 0.1) is 0 Å². The van der Waals surface area contributed by atoms with E-state index >= 15 is 0 Å². The van der Waals surface area contributed by atoms with Crippen LogP contribution in [0.2, 0.25) is 0 Å². The van der Waals surface area contributed by atoms with E-state index in [9.17, 15) is 4.79 Å². The Morgan fingerprint density at radius 2 is 2.09 bits per heavy atom. The number of carbonyl (C=O) groups excluding carboxylic acids is 1. The molecule has 0 aromatic rings. The lowest BCUT2D eigenvalue weighted by Gasteiger charge is -1.95. The summed E-state index contributed by atoms with van der Waals surface area (Å²) in [7, 11) is 0. The lowest BCUT2D eigenvalue weighted by atomic mass is 10.3. The average molecular weight is 160 g/mol. The molecule has 0 aliphatic carbocycles. The van der Waals surface area contributed by atoms with Gasteiger partial charge in [0.1, 0.15) is 0 Å². The first-order valence-corrected chi connectivity index (χ1v) is 3.11. The van der Waals surface area contributed by atoms with Gasteiger partial charge in [0.15, 0.2) is 5.96 Å². The second-order valence-electron chi connectivity index (χ2n) is 1.90. The van der Waals surface area contributed by atoms with Gasteiger partial charge < -0.3 is 16.3 Å². The van der Waals surface area contributed by atoms with Crippen molar-refractivity contribution in [1.82, 2.24) is 0 Å². The first-order valence-electron chi connectivity index (χ1n) is 3.11. The molecule has 6 heteroatoms. The highest BCUT2D eigenvalue weighted by Crippen LogP contribution is 1.90. The Kier molecular flexibility index (Phi) is 4.83. The van der Waals surface area contributed by atoms with Crippen molar-refractivity contribution in [3.05, 3.63) is 0 Å². The van der Waals surface area contributed by atoms with Gasteiger partial charge in [-0.1, -0.05) is 0 Å². The molecule has 0 bridgehead atoms. The van der Waals surface area contributed by atoms with Crippen molar-refractivity contribution in [2.75, 3.05) is 6.54 Å². The highest BCUT2D eigenvalue weighted by atomic mass is 16.7. The maximum absolute atomic E-state index is 10.4. The number of nitrogens with two attached hydrogens (primary N) is 3. The molecule has 0 aliphatic heterocycles. The van der Waals surface area contributed by atoms with Gasteiger partial charge in [-0.3, -0.25) is 9.79 Å². The van der Waals surface area contributed by atoms with Gasteiger partial charge in [-0.2, -0.15) is 5.90 Å². The molecule has 0 aromatic heterocycles. The number of aliphatic imine (C=N–C) groups is 1. The fourth-order valence-corrected chi connectivity index (χ4v) is 0.490. The third-order valence-electron chi connectivity index (χ3n) is 0.965. The van der Waals surface area contributed by atoms with Crippen molar-refractivity contribution in [2.45, 2.75) is 12.8 Å². The molecule has 0 unspecified atom stereocenters. The van der Waals surface area contributed by atoms with Crippen LogP contribution in [0.15, 0.2) is 4.99 Å². The van der Waals surface area contributed by atoms with Crippen LogP contribution in [-0.4, -0.2) is 18.5 Å². The third kappa shape index (κ3) is 6.59. The zero-order valence-corrected chi connectivity index (χ0v) is 6.12. The zero-order valence-electron chi connectivity index (χ0n) is 6.12. The average Bonchev–Trinajstić information content (AvgIpc) is 1.97. The molecule has 64 valence electrons. The van der Waals surface area contributed by atoms with Gasteiger partial charge in [0.05, 0.1) is 0 Å². The lowest BCUT2D eigenvalue weighted by Crippen LogP contribution is -2.23. The van der Waals surface area contributed by atoms with Crippen molar-refractivity contribution in [1.29, 1.82) is 0 Å². The minimum Gasteiger partial charge on any atom is -0.373 e. The Morgan fingerprint density at radius 3 is 2.55 bits per heavy atom. The van der Waals surface area contributed by atoms with Crippen molar-refractivity contribution in [3.8, 4) is 0 Å². The fraction of sp³-hybridized carbons (Fsp3) is 0.600. The molecule has 0 saturated heterocycles. The van der Waals surface area contributed by atoms with Crippen LogP contribution in [-0.2, 0) is 9.63 Å². The van der Waals surface area contributed by atoms with Gasteiger partial charge in [-0.15, -0.1) is 0 Å². The normalized spacial score (nSPS) is 8.82. The van der Waals surface area contributed by atoms with Gasteiger partial charge in [0.25, 0.3) is 0 Å². The van der Waals surface area contributed by atoms with E-state index in [-0.39, 0.29) is 12.4 Å². The number of rotatable bonds is 4. The lowest BCUT2D eigenvalue weighted by molar-refractivity contribution is -0.144. The van der Waals surface area contributed by atoms with E-state index in [0.717, 1.165) is 0 Å². The predicted molar refractivity (Wildman–Crippen MR) is 40.2 cm³/mol. The largest absolute Gasteiger partial charge is 0.373 e. The number of hydrogen-bond donors (Lipinski definition) is 3. The van der Waals surface area contributed by atoms with Crippen LogP contribution >= 0.6 is 0 Å². The summed E-state index contributed by atoms with van der Waals surface area (Å²) >= 11 is 0. The van der Waals surface area contributed by atoms with Crippen molar-refractivity contribution in [3.63, 3.8) is 0 Å². The molecule has 0 radical (unpaired) electrons. The first kappa shape index (κ1) is 9.70. The summed E-state index contributed by atoms with van der Waals surface area (Å²) < 4.78 is 0. The molecule has 0 atom stereocenters. The molecule has 0 aliphatic rings. The number of nitrogens with zero attached hydrogens (tertiary/aromatic N) is 1. The van der Waals surface area contributed by atoms with E-state index in [1.807, 2.05) is 0 Å². The molecule has 0 amide bonds. The molecule has 6 nitrogen and oxygen atoms in total. The Labute approximate surface area is 64.3 Å². The molecule has 0 spiro atoms. The Bertz CT molecular complexity index is 153. The fourth-order valence-electron chi connectivity index (χ4n) is 0.490. The van der Waals surface area contributed by atoms with Gasteiger partial charge in [0.2, 0.25) is 0 Å². The van der Waals surface area contributed by atoms with Crippen LogP contribution in [0.1, 0.15) is 12.8 Å². The van der Waals surface area contributed by atoms with Crippen LogP contribution in [0.25, 0.3) is 0 Å². The zero-order chi connectivity index (χ0) is 8.69. The molecule has 11 heavy (non-hydrogen) atoms. The van der Waals surface area contributed by atoms with Crippen molar-refractivity contribution < 1.29 is 9.63 Å². The second kappa shape index (κ2) is 5.48. The van der Waals surface area contributed by atoms with Gasteiger partial charge in [-0.25, -0.2) is 0 Å². The Balaban J connectivity index is 3.28. The topological polar surface area (TPSA) is 117 Å². The molecular formula is C5H12N4O2. The highest BCUT2D eigenvalue weighted by Gasteiger charge is 1.98. The highest BCUT2D eigenvalue weighted by molar-refractivity contribution is 5.75. The molecule has 0 heterocycles. The minimum atomic E-state index is -0.462. The van der Waals surface area contributed by atoms with E-state index < -0.39 is 5.97 Å². The molecule has 6 N–H and O–H groups in total. The minimum absolute atomic E-state index is 0.0196.